The van der Waals surface area contributed by atoms with Crippen molar-refractivity contribution in [2.75, 3.05) is 0 Å². The second-order valence-electron chi connectivity index (χ2n) is 3.85. The van der Waals surface area contributed by atoms with Crippen molar-refractivity contribution >= 4 is 5.84 Å². The van der Waals surface area contributed by atoms with Crippen LogP contribution < -0.4 is 10.5 Å². The zero-order valence-corrected chi connectivity index (χ0v) is 9.69. The smallest absolute Gasteiger partial charge is 0.123 e. The summed E-state index contributed by atoms with van der Waals surface area (Å²) in [5.74, 6) is 0.376. The van der Waals surface area contributed by atoms with Crippen LogP contribution >= 0.6 is 0 Å². The highest BCUT2D eigenvalue weighted by atomic mass is 19.1. The molecule has 0 unspecified atom stereocenters. The molecule has 0 atom stereocenters. The van der Waals surface area contributed by atoms with Crippen LogP contribution in [0.1, 0.15) is 11.1 Å². The second kappa shape index (κ2) is 5.31. The molecule has 0 aliphatic rings. The fraction of sp³-hybridized carbons (Fsp3) is 0.0714. The summed E-state index contributed by atoms with van der Waals surface area (Å²) in [4.78, 5) is 0. The third-order valence-electron chi connectivity index (χ3n) is 2.48. The summed E-state index contributed by atoms with van der Waals surface area (Å²) in [6, 6.07) is 13.1. The summed E-state index contributed by atoms with van der Waals surface area (Å²) >= 11 is 0. The first kappa shape index (κ1) is 12.1. The van der Waals surface area contributed by atoms with Gasteiger partial charge >= 0.3 is 0 Å². The predicted molar refractivity (Wildman–Crippen MR) is 68.2 cm³/mol. The summed E-state index contributed by atoms with van der Waals surface area (Å²) < 4.78 is 18.2. The van der Waals surface area contributed by atoms with Crippen LogP contribution in [0, 0.1) is 11.2 Å². The van der Waals surface area contributed by atoms with Crippen molar-refractivity contribution in [3.05, 3.63) is 65.5 Å². The highest BCUT2D eigenvalue weighted by Gasteiger charge is 1.99. The minimum absolute atomic E-state index is 0.0426. The fourth-order valence-corrected chi connectivity index (χ4v) is 1.48. The molecular weight excluding hydrogens is 231 g/mol. The molecule has 0 radical (unpaired) electrons. The maximum Gasteiger partial charge on any atom is 0.123 e. The van der Waals surface area contributed by atoms with Crippen molar-refractivity contribution in [2.24, 2.45) is 5.73 Å². The highest BCUT2D eigenvalue weighted by molar-refractivity contribution is 5.94. The van der Waals surface area contributed by atoms with Gasteiger partial charge in [-0.1, -0.05) is 24.3 Å². The first-order valence-electron chi connectivity index (χ1n) is 5.47. The Kier molecular flexibility index (Phi) is 3.57. The molecule has 0 aromatic heterocycles. The van der Waals surface area contributed by atoms with Crippen LogP contribution in [-0.4, -0.2) is 5.84 Å². The van der Waals surface area contributed by atoms with Crippen molar-refractivity contribution in [1.82, 2.24) is 0 Å². The number of nitrogen functional groups attached to an aromatic ring is 1. The molecule has 18 heavy (non-hydrogen) atoms. The molecule has 2 aromatic carbocycles. The van der Waals surface area contributed by atoms with Gasteiger partial charge in [0.25, 0.3) is 0 Å². The molecule has 3 nitrogen and oxygen atoms in total. The number of ether oxygens (including phenoxy) is 1. The fourth-order valence-electron chi connectivity index (χ4n) is 1.48. The lowest BCUT2D eigenvalue weighted by atomic mass is 10.1. The maximum absolute atomic E-state index is 12.7. The van der Waals surface area contributed by atoms with Gasteiger partial charge in [0.1, 0.15) is 24.0 Å². The number of nitrogens with one attached hydrogen (secondary N) is 1. The number of halogens is 1. The van der Waals surface area contributed by atoms with Crippen LogP contribution in [0.2, 0.25) is 0 Å². The zero-order valence-electron chi connectivity index (χ0n) is 9.69. The third kappa shape index (κ3) is 3.07. The summed E-state index contributed by atoms with van der Waals surface area (Å²) in [6.07, 6.45) is 0. The lowest BCUT2D eigenvalue weighted by Gasteiger charge is -2.06. The molecule has 2 rings (SSSR count). The van der Waals surface area contributed by atoms with E-state index in [4.69, 9.17) is 15.9 Å². The number of amidine groups is 1. The Morgan fingerprint density at radius 3 is 2.22 bits per heavy atom. The van der Waals surface area contributed by atoms with Gasteiger partial charge in [-0.2, -0.15) is 0 Å². The summed E-state index contributed by atoms with van der Waals surface area (Å²) in [7, 11) is 0. The van der Waals surface area contributed by atoms with E-state index in [1.165, 1.54) is 12.1 Å². The predicted octanol–water partition coefficient (Wildman–Crippen LogP) is 2.69. The van der Waals surface area contributed by atoms with Crippen molar-refractivity contribution in [1.29, 1.82) is 5.41 Å². The molecule has 92 valence electrons. The van der Waals surface area contributed by atoms with Crippen LogP contribution in [0.3, 0.4) is 0 Å². The van der Waals surface area contributed by atoms with Crippen molar-refractivity contribution in [2.45, 2.75) is 6.61 Å². The van der Waals surface area contributed by atoms with E-state index in [9.17, 15) is 4.39 Å². The average molecular weight is 244 g/mol. The Balaban J connectivity index is 1.97. The minimum Gasteiger partial charge on any atom is -0.489 e. The molecule has 0 heterocycles. The van der Waals surface area contributed by atoms with Gasteiger partial charge in [-0.05, 0) is 29.8 Å². The van der Waals surface area contributed by atoms with E-state index in [1.807, 2.05) is 12.1 Å². The molecule has 0 fully saturated rings. The Hall–Kier alpha value is -2.36. The summed E-state index contributed by atoms with van der Waals surface area (Å²) in [5, 5.41) is 7.27. The largest absolute Gasteiger partial charge is 0.489 e. The summed E-state index contributed by atoms with van der Waals surface area (Å²) in [5.41, 5.74) is 7.00. The zero-order chi connectivity index (χ0) is 13.0. The molecule has 0 spiro atoms. The topological polar surface area (TPSA) is 59.1 Å². The highest BCUT2D eigenvalue weighted by Crippen LogP contribution is 2.13. The van der Waals surface area contributed by atoms with E-state index >= 15 is 0 Å². The van der Waals surface area contributed by atoms with E-state index < -0.39 is 0 Å². The standard InChI is InChI=1S/C14H13FN2O/c15-12-5-7-13(8-6-12)18-9-10-1-3-11(4-2-10)14(16)17/h1-8H,9H2,(H3,16,17). The summed E-state index contributed by atoms with van der Waals surface area (Å²) in [6.45, 7) is 0.393. The average Bonchev–Trinajstić information content (AvgIpc) is 2.38. The number of hydrogen-bond acceptors (Lipinski definition) is 2. The molecular formula is C14H13FN2O. The van der Waals surface area contributed by atoms with Gasteiger partial charge in [0.15, 0.2) is 0 Å². The SMILES string of the molecule is N=C(N)c1ccc(COc2ccc(F)cc2)cc1. The lowest BCUT2D eigenvalue weighted by molar-refractivity contribution is 0.306. The number of benzene rings is 2. The van der Waals surface area contributed by atoms with Gasteiger partial charge < -0.3 is 10.5 Å². The van der Waals surface area contributed by atoms with E-state index in [2.05, 4.69) is 0 Å². The molecule has 0 bridgehead atoms. The molecule has 0 aliphatic carbocycles. The van der Waals surface area contributed by atoms with E-state index in [0.717, 1.165) is 5.56 Å². The normalized spacial score (nSPS) is 10.1. The lowest BCUT2D eigenvalue weighted by Crippen LogP contribution is -2.10. The van der Waals surface area contributed by atoms with Crippen LogP contribution in [0.5, 0.6) is 5.75 Å². The Morgan fingerprint density at radius 1 is 1.06 bits per heavy atom. The van der Waals surface area contributed by atoms with Crippen LogP contribution in [0.15, 0.2) is 48.5 Å². The van der Waals surface area contributed by atoms with Gasteiger partial charge in [0.2, 0.25) is 0 Å². The number of rotatable bonds is 4. The van der Waals surface area contributed by atoms with Gasteiger partial charge in [0.05, 0.1) is 0 Å². The third-order valence-corrected chi connectivity index (χ3v) is 2.48. The molecule has 4 heteroatoms. The van der Waals surface area contributed by atoms with Crippen LogP contribution in [0.4, 0.5) is 4.39 Å². The number of hydrogen-bond donors (Lipinski definition) is 2. The first-order chi connectivity index (χ1) is 8.65. The van der Waals surface area contributed by atoms with Gasteiger partial charge in [-0.3, -0.25) is 5.41 Å². The minimum atomic E-state index is -0.284. The first-order valence-corrected chi connectivity index (χ1v) is 5.47. The Labute approximate surface area is 105 Å². The molecule has 0 saturated carbocycles. The molecule has 0 amide bonds. The monoisotopic (exact) mass is 244 g/mol. The number of nitrogens with two attached hydrogens (primary N) is 1. The molecule has 2 aromatic rings. The van der Waals surface area contributed by atoms with E-state index in [1.54, 1.807) is 24.3 Å². The maximum atomic E-state index is 12.7. The van der Waals surface area contributed by atoms with Gasteiger partial charge in [0, 0.05) is 5.56 Å². The van der Waals surface area contributed by atoms with Crippen molar-refractivity contribution in [3.8, 4) is 5.75 Å². The van der Waals surface area contributed by atoms with Gasteiger partial charge in [-0.15, -0.1) is 0 Å². The molecule has 3 N–H and O–H groups in total. The van der Waals surface area contributed by atoms with Crippen LogP contribution in [0.25, 0.3) is 0 Å². The van der Waals surface area contributed by atoms with Gasteiger partial charge in [-0.25, -0.2) is 4.39 Å². The van der Waals surface area contributed by atoms with Crippen LogP contribution in [-0.2, 0) is 6.61 Å². The quantitative estimate of drug-likeness (QED) is 0.641. The van der Waals surface area contributed by atoms with Crippen molar-refractivity contribution in [3.63, 3.8) is 0 Å². The Morgan fingerprint density at radius 2 is 1.67 bits per heavy atom. The Bertz CT molecular complexity index is 535. The molecule has 0 saturated heterocycles. The molecule has 0 aliphatic heterocycles. The second-order valence-corrected chi connectivity index (χ2v) is 3.85. The van der Waals surface area contributed by atoms with E-state index in [-0.39, 0.29) is 11.7 Å². The van der Waals surface area contributed by atoms with E-state index in [0.29, 0.717) is 17.9 Å². The van der Waals surface area contributed by atoms with Crippen molar-refractivity contribution < 1.29 is 9.13 Å².